The molecule has 0 aromatic rings. The van der Waals surface area contributed by atoms with E-state index in [1.54, 1.807) is 0 Å². The molecule has 0 bridgehead atoms. The first-order valence-electron chi connectivity index (χ1n) is 6.79. The van der Waals surface area contributed by atoms with Crippen LogP contribution in [0, 0.1) is 10.8 Å². The van der Waals surface area contributed by atoms with Crippen LogP contribution in [0.15, 0.2) is 0 Å². The minimum atomic E-state index is -0.966. The fourth-order valence-electron chi connectivity index (χ4n) is 4.25. The Balaban J connectivity index is 2.72. The minimum Gasteiger partial charge on any atom is -0.386 e. The molecule has 2 rings (SSSR count). The van der Waals surface area contributed by atoms with Crippen LogP contribution in [0.3, 0.4) is 0 Å². The molecule has 106 valence electrons. The van der Waals surface area contributed by atoms with E-state index >= 15 is 0 Å². The van der Waals surface area contributed by atoms with E-state index in [9.17, 15) is 5.11 Å². The normalized spacial score (nSPS) is 52.3. The van der Waals surface area contributed by atoms with Crippen molar-refractivity contribution in [1.82, 2.24) is 0 Å². The van der Waals surface area contributed by atoms with E-state index in [1.807, 2.05) is 27.7 Å². The number of ether oxygens (including phenoxy) is 2. The summed E-state index contributed by atoms with van der Waals surface area (Å²) in [5, 5.41) is 11.2. The van der Waals surface area contributed by atoms with Crippen LogP contribution in [0.25, 0.3) is 0 Å². The van der Waals surface area contributed by atoms with Crippen LogP contribution < -0.4 is 0 Å². The van der Waals surface area contributed by atoms with Crippen molar-refractivity contribution >= 4 is 0 Å². The Morgan fingerprint density at radius 3 is 1.44 bits per heavy atom. The van der Waals surface area contributed by atoms with Gasteiger partial charge in [0.25, 0.3) is 0 Å². The second kappa shape index (κ2) is 2.97. The van der Waals surface area contributed by atoms with Gasteiger partial charge in [0.1, 0.15) is 5.60 Å². The summed E-state index contributed by atoms with van der Waals surface area (Å²) in [5.74, 6) is -0.771. The Kier molecular flexibility index (Phi) is 2.36. The quantitative estimate of drug-likeness (QED) is 0.724. The van der Waals surface area contributed by atoms with Gasteiger partial charge < -0.3 is 14.6 Å². The van der Waals surface area contributed by atoms with Crippen LogP contribution >= 0.6 is 0 Å². The summed E-state index contributed by atoms with van der Waals surface area (Å²) >= 11 is 0. The van der Waals surface area contributed by atoms with Crippen molar-refractivity contribution in [2.75, 3.05) is 0 Å². The molecule has 0 unspecified atom stereocenters. The van der Waals surface area contributed by atoms with Crippen LogP contribution in [-0.2, 0) is 9.47 Å². The van der Waals surface area contributed by atoms with Gasteiger partial charge in [-0.2, -0.15) is 0 Å². The smallest absolute Gasteiger partial charge is 0.175 e. The molecule has 3 atom stereocenters. The van der Waals surface area contributed by atoms with Gasteiger partial charge in [0.2, 0.25) is 0 Å². The maximum atomic E-state index is 11.2. The lowest BCUT2D eigenvalue weighted by Gasteiger charge is -2.51. The maximum Gasteiger partial charge on any atom is 0.175 e. The lowest BCUT2D eigenvalue weighted by atomic mass is 9.51. The average Bonchev–Trinajstić information content (AvgIpc) is 2.27. The number of hydrogen-bond donors (Lipinski definition) is 1. The summed E-state index contributed by atoms with van der Waals surface area (Å²) in [5.41, 5.74) is -2.65. The first-order chi connectivity index (χ1) is 7.66. The second-order valence-corrected chi connectivity index (χ2v) is 7.99. The molecular formula is C15H28O3. The van der Waals surface area contributed by atoms with Gasteiger partial charge in [-0.15, -0.1) is 0 Å². The molecule has 18 heavy (non-hydrogen) atoms. The number of fused-ring (bicyclic) bond motifs is 1. The van der Waals surface area contributed by atoms with E-state index in [0.29, 0.717) is 0 Å². The predicted molar refractivity (Wildman–Crippen MR) is 71.2 cm³/mol. The highest BCUT2D eigenvalue weighted by Gasteiger charge is 2.82. The highest BCUT2D eigenvalue weighted by Crippen LogP contribution is 2.73. The molecule has 0 saturated carbocycles. The van der Waals surface area contributed by atoms with Gasteiger partial charge in [-0.1, -0.05) is 20.8 Å². The van der Waals surface area contributed by atoms with Crippen molar-refractivity contribution < 1.29 is 14.6 Å². The Bertz CT molecular complexity index is 361. The molecule has 0 aromatic carbocycles. The molecule has 2 fully saturated rings. The number of rotatable bonds is 0. The van der Waals surface area contributed by atoms with E-state index in [0.717, 1.165) is 0 Å². The molecule has 0 spiro atoms. The second-order valence-electron chi connectivity index (χ2n) is 7.99. The van der Waals surface area contributed by atoms with Gasteiger partial charge in [-0.05, 0) is 41.5 Å². The fourth-order valence-corrected chi connectivity index (χ4v) is 4.25. The molecule has 2 heterocycles. The Morgan fingerprint density at radius 2 is 1.06 bits per heavy atom. The SMILES string of the molecule is CC1(C)O[C@@]2(C)OC(C)(C)[C@@](C)(O)[C@@]2(C)C1(C)C. The molecule has 0 amide bonds. The van der Waals surface area contributed by atoms with Crippen molar-refractivity contribution in [2.45, 2.75) is 84.9 Å². The zero-order valence-electron chi connectivity index (χ0n) is 13.3. The van der Waals surface area contributed by atoms with Crippen molar-refractivity contribution in [1.29, 1.82) is 0 Å². The Labute approximate surface area is 111 Å². The van der Waals surface area contributed by atoms with Crippen LogP contribution in [0.4, 0.5) is 0 Å². The molecule has 2 aliphatic rings. The van der Waals surface area contributed by atoms with Gasteiger partial charge in [-0.3, -0.25) is 0 Å². The zero-order valence-corrected chi connectivity index (χ0v) is 13.3. The molecule has 0 aromatic heterocycles. The Hall–Kier alpha value is -0.120. The highest BCUT2D eigenvalue weighted by atomic mass is 16.7. The third-order valence-electron chi connectivity index (χ3n) is 6.71. The standard InChI is InChI=1S/C15H28O3/c1-10(2)11(3,4)17-15(9)13(10,7)14(8,16)12(5,6)18-15/h16H,1-9H3/t13-,14-,15+/m1/s1. The van der Waals surface area contributed by atoms with Gasteiger partial charge in [0, 0.05) is 5.41 Å². The molecule has 3 heteroatoms. The van der Waals surface area contributed by atoms with Crippen molar-refractivity contribution in [3.05, 3.63) is 0 Å². The van der Waals surface area contributed by atoms with Crippen molar-refractivity contribution in [3.8, 4) is 0 Å². The third-order valence-corrected chi connectivity index (χ3v) is 6.71. The molecule has 3 nitrogen and oxygen atoms in total. The third kappa shape index (κ3) is 1.09. The molecule has 0 aliphatic carbocycles. The largest absolute Gasteiger partial charge is 0.386 e. The van der Waals surface area contributed by atoms with E-state index in [-0.39, 0.29) is 11.0 Å². The molecular weight excluding hydrogens is 228 g/mol. The maximum absolute atomic E-state index is 11.2. The number of aliphatic hydroxyl groups is 1. The first kappa shape index (κ1) is 14.3. The highest BCUT2D eigenvalue weighted by molar-refractivity contribution is 5.26. The lowest BCUT2D eigenvalue weighted by molar-refractivity contribution is -0.265. The van der Waals surface area contributed by atoms with Crippen molar-refractivity contribution in [2.24, 2.45) is 10.8 Å². The van der Waals surface area contributed by atoms with Crippen LogP contribution in [0.5, 0.6) is 0 Å². The summed E-state index contributed by atoms with van der Waals surface area (Å²) in [4.78, 5) is 0. The summed E-state index contributed by atoms with van der Waals surface area (Å²) in [6, 6.07) is 0. The fraction of sp³-hybridized carbons (Fsp3) is 1.00. The summed E-state index contributed by atoms with van der Waals surface area (Å²) in [6.45, 7) is 18.3. The first-order valence-corrected chi connectivity index (χ1v) is 6.79. The average molecular weight is 256 g/mol. The summed E-state index contributed by atoms with van der Waals surface area (Å²) in [6.07, 6.45) is 0. The van der Waals surface area contributed by atoms with E-state index in [1.165, 1.54) is 0 Å². The van der Waals surface area contributed by atoms with E-state index in [4.69, 9.17) is 9.47 Å². The molecule has 1 N–H and O–H groups in total. The zero-order chi connectivity index (χ0) is 14.4. The predicted octanol–water partition coefficient (Wildman–Crippen LogP) is 3.10. The molecule has 0 radical (unpaired) electrons. The van der Waals surface area contributed by atoms with Crippen LogP contribution in [-0.4, -0.2) is 27.7 Å². The van der Waals surface area contributed by atoms with Gasteiger partial charge in [-0.25, -0.2) is 0 Å². The minimum absolute atomic E-state index is 0.216. The molecule has 2 saturated heterocycles. The van der Waals surface area contributed by atoms with Gasteiger partial charge in [0.05, 0.1) is 16.6 Å². The van der Waals surface area contributed by atoms with Crippen LogP contribution in [0.2, 0.25) is 0 Å². The molecule has 2 aliphatic heterocycles. The Morgan fingerprint density at radius 1 is 0.667 bits per heavy atom. The van der Waals surface area contributed by atoms with Crippen LogP contribution in [0.1, 0.15) is 62.3 Å². The monoisotopic (exact) mass is 256 g/mol. The summed E-state index contributed by atoms with van der Waals surface area (Å²) < 4.78 is 12.4. The van der Waals surface area contributed by atoms with Gasteiger partial charge >= 0.3 is 0 Å². The van der Waals surface area contributed by atoms with Gasteiger partial charge in [0.15, 0.2) is 5.79 Å². The summed E-state index contributed by atoms with van der Waals surface area (Å²) in [7, 11) is 0. The van der Waals surface area contributed by atoms with E-state index in [2.05, 4.69) is 34.6 Å². The topological polar surface area (TPSA) is 38.7 Å². The van der Waals surface area contributed by atoms with Crippen molar-refractivity contribution in [3.63, 3.8) is 0 Å². The van der Waals surface area contributed by atoms with E-state index < -0.39 is 22.4 Å². The lowest BCUT2D eigenvalue weighted by Crippen LogP contribution is -2.61. The number of hydrogen-bond acceptors (Lipinski definition) is 3.